The molecule has 5 nitrogen and oxygen atoms in total. The molecule has 2 aliphatic rings. The fourth-order valence-corrected chi connectivity index (χ4v) is 4.16. The van der Waals surface area contributed by atoms with E-state index in [1.165, 1.54) is 11.8 Å². The van der Waals surface area contributed by atoms with E-state index < -0.39 is 5.97 Å². The van der Waals surface area contributed by atoms with Crippen LogP contribution in [0.15, 0.2) is 23.0 Å². The van der Waals surface area contributed by atoms with E-state index in [0.29, 0.717) is 16.2 Å². The van der Waals surface area contributed by atoms with Gasteiger partial charge in [-0.3, -0.25) is 9.59 Å². The number of hydrogen-bond acceptors (Lipinski definition) is 4. The van der Waals surface area contributed by atoms with Gasteiger partial charge in [-0.05, 0) is 18.4 Å². The smallest absolute Gasteiger partial charge is 0.313 e. The summed E-state index contributed by atoms with van der Waals surface area (Å²) < 4.78 is 2.53. The second kappa shape index (κ2) is 5.81. The Morgan fingerprint density at radius 2 is 2.19 bits per heavy atom. The number of carbonyl (C=O) groups is 1. The van der Waals surface area contributed by atoms with Crippen LogP contribution in [-0.2, 0) is 11.3 Å². The highest BCUT2D eigenvalue weighted by molar-refractivity contribution is 8.23. The van der Waals surface area contributed by atoms with E-state index in [2.05, 4.69) is 4.90 Å². The summed E-state index contributed by atoms with van der Waals surface area (Å²) in [6, 6.07) is 5.43. The molecule has 1 aromatic rings. The molecule has 21 heavy (non-hydrogen) atoms. The van der Waals surface area contributed by atoms with E-state index in [4.69, 9.17) is 17.3 Å². The summed E-state index contributed by atoms with van der Waals surface area (Å²) in [5.41, 5.74) is 1.15. The highest BCUT2D eigenvalue weighted by atomic mass is 32.2. The fourth-order valence-electron chi connectivity index (χ4n) is 3.26. The third-order valence-corrected chi connectivity index (χ3v) is 5.57. The van der Waals surface area contributed by atoms with Crippen molar-refractivity contribution < 1.29 is 9.90 Å². The number of rotatable bonds is 2. The molecule has 3 heterocycles. The molecule has 3 rings (SSSR count). The summed E-state index contributed by atoms with van der Waals surface area (Å²) in [4.78, 5) is 24.7. The summed E-state index contributed by atoms with van der Waals surface area (Å²) in [6.07, 6.45) is 1.08. The summed E-state index contributed by atoms with van der Waals surface area (Å²) in [6.45, 7) is 2.31. The lowest BCUT2D eigenvalue weighted by molar-refractivity contribution is -0.133. The predicted octanol–water partition coefficient (Wildman–Crippen LogP) is 1.37. The zero-order chi connectivity index (χ0) is 15.0. The van der Waals surface area contributed by atoms with Crippen molar-refractivity contribution in [3.63, 3.8) is 0 Å². The molecule has 1 saturated heterocycles. The maximum Gasteiger partial charge on any atom is 0.313 e. The molecule has 0 aromatic carbocycles. The van der Waals surface area contributed by atoms with Crippen molar-refractivity contribution in [3.05, 3.63) is 34.2 Å². The Bertz CT molecular complexity index is 643. The molecule has 1 fully saturated rings. The summed E-state index contributed by atoms with van der Waals surface area (Å²) >= 11 is 6.56. The number of piperidine rings is 1. The minimum Gasteiger partial charge on any atom is -0.481 e. The van der Waals surface area contributed by atoms with Gasteiger partial charge in [0.2, 0.25) is 0 Å². The Kier molecular flexibility index (Phi) is 4.03. The summed E-state index contributed by atoms with van der Waals surface area (Å²) in [5, 5.41) is 8.75. The van der Waals surface area contributed by atoms with E-state index in [1.54, 1.807) is 6.07 Å². The molecule has 2 bridgehead atoms. The molecule has 0 unspecified atom stereocenters. The van der Waals surface area contributed by atoms with Crippen LogP contribution < -0.4 is 5.56 Å². The Labute approximate surface area is 131 Å². The third kappa shape index (κ3) is 2.98. The van der Waals surface area contributed by atoms with E-state index in [-0.39, 0.29) is 11.3 Å². The first kappa shape index (κ1) is 14.6. The van der Waals surface area contributed by atoms with Gasteiger partial charge in [-0.15, -0.1) is 0 Å². The molecule has 2 atom stereocenters. The van der Waals surface area contributed by atoms with E-state index in [1.807, 2.05) is 16.7 Å². The van der Waals surface area contributed by atoms with E-state index in [0.717, 1.165) is 31.7 Å². The number of aliphatic carboxylic acids is 1. The lowest BCUT2D eigenvalue weighted by atomic mass is 9.83. The molecule has 0 spiro atoms. The van der Waals surface area contributed by atoms with Crippen molar-refractivity contribution in [3.8, 4) is 0 Å². The van der Waals surface area contributed by atoms with Crippen LogP contribution in [0.5, 0.6) is 0 Å². The van der Waals surface area contributed by atoms with Crippen molar-refractivity contribution in [1.82, 2.24) is 9.47 Å². The van der Waals surface area contributed by atoms with Gasteiger partial charge in [0.15, 0.2) is 0 Å². The lowest BCUT2D eigenvalue weighted by Crippen LogP contribution is -2.48. The number of nitrogens with zero attached hydrogens (tertiary/aromatic N) is 2. The van der Waals surface area contributed by atoms with Crippen LogP contribution in [0.2, 0.25) is 0 Å². The highest BCUT2D eigenvalue weighted by Crippen LogP contribution is 2.35. The molecule has 0 radical (unpaired) electrons. The number of carboxylic acids is 1. The molecule has 7 heteroatoms. The van der Waals surface area contributed by atoms with Crippen molar-refractivity contribution in [2.75, 3.05) is 18.8 Å². The topological polar surface area (TPSA) is 62.5 Å². The van der Waals surface area contributed by atoms with Gasteiger partial charge in [0.25, 0.3) is 5.56 Å². The first-order valence-electron chi connectivity index (χ1n) is 6.88. The maximum atomic E-state index is 11.9. The van der Waals surface area contributed by atoms with Gasteiger partial charge in [0.05, 0.1) is 5.75 Å². The van der Waals surface area contributed by atoms with Crippen LogP contribution in [0.1, 0.15) is 18.0 Å². The minimum absolute atomic E-state index is 0.000706. The van der Waals surface area contributed by atoms with Crippen molar-refractivity contribution in [2.45, 2.75) is 18.9 Å². The molecular formula is C14H16N2O3S2. The van der Waals surface area contributed by atoms with E-state index >= 15 is 0 Å². The molecule has 1 N–H and O–H groups in total. The number of thioether (sulfide) groups is 1. The van der Waals surface area contributed by atoms with Crippen LogP contribution in [0.4, 0.5) is 0 Å². The first-order valence-corrected chi connectivity index (χ1v) is 8.27. The molecule has 0 aliphatic carbocycles. The summed E-state index contributed by atoms with van der Waals surface area (Å²) in [5.74, 6) is -0.147. The maximum absolute atomic E-state index is 11.9. The quantitative estimate of drug-likeness (QED) is 0.829. The van der Waals surface area contributed by atoms with Crippen LogP contribution in [0.25, 0.3) is 0 Å². The van der Waals surface area contributed by atoms with Crippen molar-refractivity contribution in [1.29, 1.82) is 0 Å². The zero-order valence-electron chi connectivity index (χ0n) is 11.4. The number of fused-ring (bicyclic) bond motifs is 4. The van der Waals surface area contributed by atoms with Gasteiger partial charge in [-0.2, -0.15) is 0 Å². The SMILES string of the molecule is O=C(O)CSC(=S)N1C[C@H]2C[C@@H](C1)c1cccc(=O)n1C2. The standard InChI is InChI=1S/C14H16N2O3S2/c17-12-3-1-2-11-10-4-9(6-16(11)12)5-15(7-10)14(20)21-8-13(18)19/h1-3,9-10H,4-8H2,(H,18,19)/t9-,10+/m1/s1. The minimum atomic E-state index is -0.851. The van der Waals surface area contributed by atoms with Crippen LogP contribution in [0.3, 0.4) is 0 Å². The molecule has 112 valence electrons. The molecule has 0 amide bonds. The van der Waals surface area contributed by atoms with Crippen LogP contribution >= 0.6 is 24.0 Å². The second-order valence-corrected chi connectivity index (χ2v) is 7.16. The zero-order valence-corrected chi connectivity index (χ0v) is 13.0. The Morgan fingerprint density at radius 3 is 2.95 bits per heavy atom. The van der Waals surface area contributed by atoms with Gasteiger partial charge >= 0.3 is 5.97 Å². The van der Waals surface area contributed by atoms with Gasteiger partial charge in [0, 0.05) is 37.3 Å². The average Bonchev–Trinajstić information content (AvgIpc) is 2.45. The Balaban J connectivity index is 1.77. The van der Waals surface area contributed by atoms with Gasteiger partial charge in [0.1, 0.15) is 4.32 Å². The molecule has 2 aliphatic heterocycles. The molecule has 1 aromatic heterocycles. The van der Waals surface area contributed by atoms with Crippen LogP contribution in [-0.4, -0.2) is 43.7 Å². The Morgan fingerprint density at radius 1 is 1.38 bits per heavy atom. The normalized spacial score (nSPS) is 23.5. The fraction of sp³-hybridized carbons (Fsp3) is 0.500. The number of likely N-dealkylation sites (tertiary alicyclic amines) is 1. The summed E-state index contributed by atoms with van der Waals surface area (Å²) in [7, 11) is 0. The monoisotopic (exact) mass is 324 g/mol. The number of carboxylic acid groups (broad SMARTS) is 1. The second-order valence-electron chi connectivity index (χ2n) is 5.55. The number of hydrogen-bond donors (Lipinski definition) is 1. The van der Waals surface area contributed by atoms with E-state index in [9.17, 15) is 9.59 Å². The number of aromatic nitrogens is 1. The first-order chi connectivity index (χ1) is 10.0. The average molecular weight is 324 g/mol. The number of pyridine rings is 1. The van der Waals surface area contributed by atoms with Gasteiger partial charge in [-0.1, -0.05) is 30.0 Å². The molecular weight excluding hydrogens is 308 g/mol. The third-order valence-electron chi connectivity index (χ3n) is 4.06. The largest absolute Gasteiger partial charge is 0.481 e. The van der Waals surface area contributed by atoms with Gasteiger partial charge < -0.3 is 14.6 Å². The number of thiocarbonyl (C=S) groups is 1. The highest BCUT2D eigenvalue weighted by Gasteiger charge is 2.35. The van der Waals surface area contributed by atoms with Crippen LogP contribution in [0, 0.1) is 5.92 Å². The molecule has 0 saturated carbocycles. The van der Waals surface area contributed by atoms with Gasteiger partial charge in [-0.25, -0.2) is 0 Å². The van der Waals surface area contributed by atoms with Crippen molar-refractivity contribution >= 4 is 34.3 Å². The Hall–Kier alpha value is -1.34. The lowest BCUT2D eigenvalue weighted by Gasteiger charge is -2.43. The predicted molar refractivity (Wildman–Crippen MR) is 85.8 cm³/mol. The van der Waals surface area contributed by atoms with Crippen molar-refractivity contribution in [2.24, 2.45) is 5.92 Å².